The van der Waals surface area contributed by atoms with Gasteiger partial charge < -0.3 is 10.1 Å². The third kappa shape index (κ3) is 2.49. The molecule has 1 N–H and O–H groups in total. The molecule has 3 heteroatoms. The molecule has 1 fully saturated rings. The van der Waals surface area contributed by atoms with Gasteiger partial charge in [0.2, 0.25) is 0 Å². The first-order valence-electron chi connectivity index (χ1n) is 7.40. The Morgan fingerprint density at radius 1 is 1.37 bits per heavy atom. The van der Waals surface area contributed by atoms with Gasteiger partial charge in [0.15, 0.2) is 0 Å². The van der Waals surface area contributed by atoms with Crippen LogP contribution in [-0.4, -0.2) is 38.2 Å². The first kappa shape index (κ1) is 12.9. The molecule has 0 amide bonds. The van der Waals surface area contributed by atoms with Crippen LogP contribution in [0.15, 0.2) is 24.3 Å². The Morgan fingerprint density at radius 3 is 3.05 bits per heavy atom. The van der Waals surface area contributed by atoms with E-state index in [0.717, 1.165) is 24.8 Å². The number of rotatable bonds is 3. The topological polar surface area (TPSA) is 24.5 Å². The highest BCUT2D eigenvalue weighted by Crippen LogP contribution is 2.40. The second-order valence-electron chi connectivity index (χ2n) is 5.98. The van der Waals surface area contributed by atoms with Gasteiger partial charge in [-0.1, -0.05) is 25.1 Å². The van der Waals surface area contributed by atoms with Crippen LogP contribution in [0.1, 0.15) is 24.9 Å². The van der Waals surface area contributed by atoms with E-state index in [9.17, 15) is 0 Å². The molecule has 0 radical (unpaired) electrons. The molecule has 1 aromatic rings. The number of hydrogen-bond donors (Lipinski definition) is 1. The fourth-order valence-electron chi connectivity index (χ4n) is 3.60. The third-order valence-electron chi connectivity index (χ3n) is 4.48. The number of ether oxygens (including phenoxy) is 1. The maximum absolute atomic E-state index is 5.86. The first-order chi connectivity index (χ1) is 9.29. The largest absolute Gasteiger partial charge is 0.493 e. The lowest BCUT2D eigenvalue weighted by Crippen LogP contribution is -2.37. The molecule has 0 bridgehead atoms. The minimum absolute atomic E-state index is 0.534. The van der Waals surface area contributed by atoms with Crippen LogP contribution >= 0.6 is 0 Å². The van der Waals surface area contributed by atoms with Crippen LogP contribution in [-0.2, 0) is 0 Å². The van der Waals surface area contributed by atoms with Crippen LogP contribution in [0.2, 0.25) is 0 Å². The summed E-state index contributed by atoms with van der Waals surface area (Å²) in [6.07, 6.45) is 1.31. The predicted molar refractivity (Wildman–Crippen MR) is 77.4 cm³/mol. The molecule has 3 unspecified atom stereocenters. The molecule has 1 saturated heterocycles. The minimum atomic E-state index is 0.534. The summed E-state index contributed by atoms with van der Waals surface area (Å²) in [5, 5.41) is 3.31. The summed E-state index contributed by atoms with van der Waals surface area (Å²) in [7, 11) is 2.05. The van der Waals surface area contributed by atoms with Crippen molar-refractivity contribution in [3.8, 4) is 5.75 Å². The lowest BCUT2D eigenvalue weighted by molar-refractivity contribution is 0.106. The molecule has 1 aromatic carbocycles. The lowest BCUT2D eigenvalue weighted by atomic mass is 9.91. The molecule has 3 rings (SSSR count). The van der Waals surface area contributed by atoms with Gasteiger partial charge in [0.25, 0.3) is 0 Å². The molecular weight excluding hydrogens is 236 g/mol. The molecule has 2 aliphatic rings. The molecule has 0 saturated carbocycles. The summed E-state index contributed by atoms with van der Waals surface area (Å²) in [6, 6.07) is 9.08. The highest BCUT2D eigenvalue weighted by Gasteiger charge is 2.36. The molecule has 3 atom stereocenters. The van der Waals surface area contributed by atoms with E-state index in [1.807, 2.05) is 0 Å². The van der Waals surface area contributed by atoms with Gasteiger partial charge in [-0.3, -0.25) is 4.90 Å². The minimum Gasteiger partial charge on any atom is -0.493 e. The van der Waals surface area contributed by atoms with E-state index in [1.165, 1.54) is 25.1 Å². The number of likely N-dealkylation sites (tertiary alicyclic amines) is 1. The Balaban J connectivity index is 1.80. The molecule has 3 nitrogen and oxygen atoms in total. The quantitative estimate of drug-likeness (QED) is 0.902. The highest BCUT2D eigenvalue weighted by molar-refractivity contribution is 5.38. The van der Waals surface area contributed by atoms with Crippen LogP contribution in [0.5, 0.6) is 5.75 Å². The average molecular weight is 260 g/mol. The van der Waals surface area contributed by atoms with Crippen molar-refractivity contribution in [2.45, 2.75) is 19.4 Å². The summed E-state index contributed by atoms with van der Waals surface area (Å²) in [6.45, 7) is 6.72. The number of nitrogens with zero attached hydrogens (tertiary/aromatic N) is 1. The van der Waals surface area contributed by atoms with Gasteiger partial charge in [-0.25, -0.2) is 0 Å². The molecule has 2 aliphatic heterocycles. The van der Waals surface area contributed by atoms with Crippen LogP contribution < -0.4 is 10.1 Å². The number of nitrogens with one attached hydrogen (secondary N) is 1. The van der Waals surface area contributed by atoms with E-state index in [1.54, 1.807) is 0 Å². The van der Waals surface area contributed by atoms with Gasteiger partial charge in [0, 0.05) is 24.1 Å². The Morgan fingerprint density at radius 2 is 2.21 bits per heavy atom. The second kappa shape index (κ2) is 5.51. The molecule has 0 spiro atoms. The van der Waals surface area contributed by atoms with E-state index in [0.29, 0.717) is 12.0 Å². The first-order valence-corrected chi connectivity index (χ1v) is 7.40. The van der Waals surface area contributed by atoms with E-state index in [4.69, 9.17) is 4.74 Å². The number of hydrogen-bond acceptors (Lipinski definition) is 3. The zero-order valence-corrected chi connectivity index (χ0v) is 11.9. The number of benzene rings is 1. The van der Waals surface area contributed by atoms with E-state index in [-0.39, 0.29) is 0 Å². The van der Waals surface area contributed by atoms with Crippen molar-refractivity contribution in [2.75, 3.05) is 33.3 Å². The van der Waals surface area contributed by atoms with Crippen molar-refractivity contribution < 1.29 is 4.74 Å². The summed E-state index contributed by atoms with van der Waals surface area (Å²) in [4.78, 5) is 2.66. The molecule has 0 aromatic heterocycles. The normalized spacial score (nSPS) is 30.9. The summed E-state index contributed by atoms with van der Waals surface area (Å²) >= 11 is 0. The van der Waals surface area contributed by atoms with Crippen molar-refractivity contribution in [1.82, 2.24) is 10.2 Å². The number of fused-ring (bicyclic) bond motifs is 1. The number of para-hydroxylation sites is 1. The van der Waals surface area contributed by atoms with Crippen molar-refractivity contribution in [3.63, 3.8) is 0 Å². The molecule has 2 heterocycles. The zero-order chi connectivity index (χ0) is 13.2. The van der Waals surface area contributed by atoms with Gasteiger partial charge in [0.1, 0.15) is 5.75 Å². The van der Waals surface area contributed by atoms with Crippen molar-refractivity contribution in [1.29, 1.82) is 0 Å². The maximum atomic E-state index is 5.86. The van der Waals surface area contributed by atoms with Gasteiger partial charge in [-0.15, -0.1) is 0 Å². The predicted octanol–water partition coefficient (Wildman–Crippen LogP) is 2.30. The Kier molecular flexibility index (Phi) is 3.76. The van der Waals surface area contributed by atoms with Crippen molar-refractivity contribution in [3.05, 3.63) is 29.8 Å². The van der Waals surface area contributed by atoms with Crippen LogP contribution in [0.25, 0.3) is 0 Å². The zero-order valence-electron chi connectivity index (χ0n) is 11.9. The average Bonchev–Trinajstić information content (AvgIpc) is 2.87. The van der Waals surface area contributed by atoms with Gasteiger partial charge >= 0.3 is 0 Å². The van der Waals surface area contributed by atoms with Gasteiger partial charge in [-0.05, 0) is 38.5 Å². The van der Waals surface area contributed by atoms with E-state index >= 15 is 0 Å². The highest BCUT2D eigenvalue weighted by atomic mass is 16.5. The summed E-state index contributed by atoms with van der Waals surface area (Å²) < 4.78 is 5.86. The standard InChI is InChI=1S/C16H24N2O/c1-12-11-19-15-6-4-3-5-14(15)16(12)18-8-7-13(10-18)9-17-2/h3-6,12-13,16-17H,7-11H2,1-2H3. The van der Waals surface area contributed by atoms with Crippen LogP contribution in [0.4, 0.5) is 0 Å². The SMILES string of the molecule is CNCC1CCN(C2c3ccccc3OCC2C)C1. The van der Waals surface area contributed by atoms with Crippen molar-refractivity contribution in [2.24, 2.45) is 11.8 Å². The molecular formula is C16H24N2O. The fourth-order valence-corrected chi connectivity index (χ4v) is 3.60. The van der Waals surface area contributed by atoms with E-state index < -0.39 is 0 Å². The Bertz CT molecular complexity index is 435. The second-order valence-corrected chi connectivity index (χ2v) is 5.98. The summed E-state index contributed by atoms with van der Waals surface area (Å²) in [5.74, 6) is 2.46. The van der Waals surface area contributed by atoms with Crippen LogP contribution in [0, 0.1) is 11.8 Å². The summed E-state index contributed by atoms with van der Waals surface area (Å²) in [5.41, 5.74) is 1.38. The van der Waals surface area contributed by atoms with Gasteiger partial charge in [-0.2, -0.15) is 0 Å². The molecule has 0 aliphatic carbocycles. The smallest absolute Gasteiger partial charge is 0.124 e. The van der Waals surface area contributed by atoms with Crippen molar-refractivity contribution >= 4 is 0 Å². The Hall–Kier alpha value is -1.06. The van der Waals surface area contributed by atoms with Gasteiger partial charge in [0.05, 0.1) is 6.61 Å². The molecule has 19 heavy (non-hydrogen) atoms. The van der Waals surface area contributed by atoms with Crippen LogP contribution in [0.3, 0.4) is 0 Å². The Labute approximate surface area is 115 Å². The maximum Gasteiger partial charge on any atom is 0.124 e. The molecule has 104 valence electrons. The third-order valence-corrected chi connectivity index (χ3v) is 4.48. The lowest BCUT2D eigenvalue weighted by Gasteiger charge is -2.37. The monoisotopic (exact) mass is 260 g/mol. The fraction of sp³-hybridized carbons (Fsp3) is 0.625. The van der Waals surface area contributed by atoms with E-state index in [2.05, 4.69) is 48.5 Å².